The van der Waals surface area contributed by atoms with Gasteiger partial charge in [-0.25, -0.2) is 0 Å². The third-order valence-electron chi connectivity index (χ3n) is 4.94. The minimum Gasteiger partial charge on any atom is -0.463 e. The van der Waals surface area contributed by atoms with E-state index in [0.717, 1.165) is 24.6 Å². The van der Waals surface area contributed by atoms with Crippen LogP contribution in [0.5, 0.6) is 5.75 Å². The highest BCUT2D eigenvalue weighted by Gasteiger charge is 2.53. The number of rotatable bonds is 7. The van der Waals surface area contributed by atoms with Gasteiger partial charge in [0.05, 0.1) is 0 Å². The topological polar surface area (TPSA) is 124 Å². The van der Waals surface area contributed by atoms with Crippen molar-refractivity contribution in [1.82, 2.24) is 0 Å². The Morgan fingerprint density at radius 1 is 0.735 bits per heavy atom. The summed E-state index contributed by atoms with van der Waals surface area (Å²) in [7, 11) is 0. The van der Waals surface area contributed by atoms with E-state index >= 15 is 0 Å². The maximum Gasteiger partial charge on any atom is 0.303 e. The predicted molar refractivity (Wildman–Crippen MR) is 117 cm³/mol. The van der Waals surface area contributed by atoms with Crippen LogP contribution in [0.3, 0.4) is 0 Å². The molecule has 0 radical (unpaired) electrons. The van der Waals surface area contributed by atoms with Gasteiger partial charge in [0.1, 0.15) is 18.5 Å². The van der Waals surface area contributed by atoms with Gasteiger partial charge < -0.3 is 28.4 Å². The Labute approximate surface area is 196 Å². The van der Waals surface area contributed by atoms with Crippen LogP contribution in [-0.2, 0) is 42.9 Å². The molecule has 1 aliphatic rings. The number of fused-ring (bicyclic) bond motifs is 1. The van der Waals surface area contributed by atoms with Crippen molar-refractivity contribution in [2.24, 2.45) is 0 Å². The molecule has 0 aromatic heterocycles. The first-order valence-electron chi connectivity index (χ1n) is 10.6. The average molecular weight is 474 g/mol. The lowest BCUT2D eigenvalue weighted by Gasteiger charge is -2.44. The Kier molecular flexibility index (Phi) is 8.06. The van der Waals surface area contributed by atoms with Crippen LogP contribution in [-0.4, -0.2) is 61.2 Å². The Balaban J connectivity index is 2.03. The Hall–Kier alpha value is -3.66. The summed E-state index contributed by atoms with van der Waals surface area (Å²) >= 11 is 0. The van der Waals surface area contributed by atoms with E-state index in [1.807, 2.05) is 30.3 Å². The summed E-state index contributed by atoms with van der Waals surface area (Å²) < 4.78 is 33.4. The molecule has 2 aromatic rings. The van der Waals surface area contributed by atoms with Crippen molar-refractivity contribution in [3.63, 3.8) is 0 Å². The van der Waals surface area contributed by atoms with Crippen LogP contribution in [0.2, 0.25) is 0 Å². The second-order valence-corrected chi connectivity index (χ2v) is 7.66. The molecule has 1 aliphatic heterocycles. The SMILES string of the molecule is CC(=O)OC[C@H]1O[C@@H](Oc2cccc3ccccc23)[C@H](OC(C)=O)[C@@H](OC(C)=O)[C@H]1OC(C)=O. The summed E-state index contributed by atoms with van der Waals surface area (Å²) in [4.78, 5) is 47.1. The molecule has 34 heavy (non-hydrogen) atoms. The molecule has 10 heteroatoms. The largest absolute Gasteiger partial charge is 0.463 e. The summed E-state index contributed by atoms with van der Waals surface area (Å²) in [5.41, 5.74) is 0. The van der Waals surface area contributed by atoms with Crippen LogP contribution in [0.25, 0.3) is 10.8 Å². The summed E-state index contributed by atoms with van der Waals surface area (Å²) in [5, 5.41) is 1.66. The molecule has 0 amide bonds. The molecule has 3 rings (SSSR count). The fourth-order valence-corrected chi connectivity index (χ4v) is 3.71. The minimum atomic E-state index is -1.29. The molecule has 182 valence electrons. The predicted octanol–water partition coefficient (Wildman–Crippen LogP) is 2.30. The standard InChI is InChI=1S/C24H26O10/c1-13(25)29-12-20-21(30-14(2)26)22(31-15(3)27)23(32-16(4)28)24(34-20)33-19-11-7-9-17-8-5-6-10-18(17)19/h5-11,20-24H,12H2,1-4H3/t20-,21+,22+,23-,24-/m1/s1. The molecule has 0 bridgehead atoms. The number of carbonyl (C=O) groups excluding carboxylic acids is 4. The van der Waals surface area contributed by atoms with Gasteiger partial charge in [-0.15, -0.1) is 0 Å². The highest BCUT2D eigenvalue weighted by atomic mass is 16.7. The second kappa shape index (κ2) is 11.0. The van der Waals surface area contributed by atoms with Gasteiger partial charge >= 0.3 is 23.9 Å². The van der Waals surface area contributed by atoms with Gasteiger partial charge in [0.15, 0.2) is 12.2 Å². The summed E-state index contributed by atoms with van der Waals surface area (Å²) in [6.45, 7) is 4.37. The summed E-state index contributed by atoms with van der Waals surface area (Å²) in [5.74, 6) is -2.29. The lowest BCUT2D eigenvalue weighted by Crippen LogP contribution is -2.63. The van der Waals surface area contributed by atoms with Gasteiger partial charge in [0.25, 0.3) is 0 Å². The molecule has 0 saturated carbocycles. The maximum absolute atomic E-state index is 11.9. The number of carbonyl (C=O) groups is 4. The average Bonchev–Trinajstić information content (AvgIpc) is 2.75. The number of hydrogen-bond acceptors (Lipinski definition) is 10. The zero-order chi connectivity index (χ0) is 24.8. The van der Waals surface area contributed by atoms with Gasteiger partial charge in [0, 0.05) is 33.1 Å². The summed E-state index contributed by atoms with van der Waals surface area (Å²) in [6.07, 6.45) is -6.19. The Morgan fingerprint density at radius 2 is 1.32 bits per heavy atom. The smallest absolute Gasteiger partial charge is 0.303 e. The van der Waals surface area contributed by atoms with Crippen LogP contribution in [0.1, 0.15) is 27.7 Å². The van der Waals surface area contributed by atoms with Crippen molar-refractivity contribution in [2.75, 3.05) is 6.61 Å². The number of benzene rings is 2. The quantitative estimate of drug-likeness (QED) is 0.436. The van der Waals surface area contributed by atoms with Crippen molar-refractivity contribution < 1.29 is 47.6 Å². The van der Waals surface area contributed by atoms with Crippen molar-refractivity contribution in [3.05, 3.63) is 42.5 Å². The fourth-order valence-electron chi connectivity index (χ4n) is 3.71. The van der Waals surface area contributed by atoms with E-state index in [-0.39, 0.29) is 6.61 Å². The third kappa shape index (κ3) is 6.22. The molecule has 0 spiro atoms. The molecule has 10 nitrogen and oxygen atoms in total. The number of hydrogen-bond donors (Lipinski definition) is 0. The first-order valence-corrected chi connectivity index (χ1v) is 10.6. The lowest BCUT2D eigenvalue weighted by atomic mass is 9.98. The second-order valence-electron chi connectivity index (χ2n) is 7.66. The summed E-state index contributed by atoms with van der Waals surface area (Å²) in [6, 6.07) is 12.8. The molecular weight excluding hydrogens is 448 g/mol. The minimum absolute atomic E-state index is 0.326. The van der Waals surface area contributed by atoms with Crippen molar-refractivity contribution >= 4 is 34.6 Å². The van der Waals surface area contributed by atoms with Gasteiger partial charge in [0.2, 0.25) is 12.4 Å². The maximum atomic E-state index is 11.9. The Morgan fingerprint density at radius 3 is 1.97 bits per heavy atom. The van der Waals surface area contributed by atoms with Crippen molar-refractivity contribution in [1.29, 1.82) is 0 Å². The van der Waals surface area contributed by atoms with Crippen molar-refractivity contribution in [2.45, 2.75) is 58.4 Å². The van der Waals surface area contributed by atoms with E-state index in [9.17, 15) is 19.2 Å². The fraction of sp³-hybridized carbons (Fsp3) is 0.417. The first-order chi connectivity index (χ1) is 16.2. The van der Waals surface area contributed by atoms with Crippen molar-refractivity contribution in [3.8, 4) is 5.75 Å². The number of esters is 4. The molecule has 0 N–H and O–H groups in total. The van der Waals surface area contributed by atoms with E-state index in [2.05, 4.69) is 0 Å². The molecule has 5 atom stereocenters. The van der Waals surface area contributed by atoms with E-state index in [4.69, 9.17) is 28.4 Å². The zero-order valence-corrected chi connectivity index (χ0v) is 19.2. The lowest BCUT2D eigenvalue weighted by molar-refractivity contribution is -0.288. The van der Waals surface area contributed by atoms with E-state index in [0.29, 0.717) is 5.75 Å². The molecule has 0 unspecified atom stereocenters. The van der Waals surface area contributed by atoms with Crippen LogP contribution >= 0.6 is 0 Å². The normalized spacial score (nSPS) is 24.1. The molecule has 0 aliphatic carbocycles. The first kappa shape index (κ1) is 25.0. The van der Waals surface area contributed by atoms with E-state index in [1.54, 1.807) is 12.1 Å². The van der Waals surface area contributed by atoms with E-state index in [1.165, 1.54) is 13.8 Å². The number of ether oxygens (including phenoxy) is 6. The zero-order valence-electron chi connectivity index (χ0n) is 19.2. The van der Waals surface area contributed by atoms with Crippen LogP contribution in [0.15, 0.2) is 42.5 Å². The van der Waals surface area contributed by atoms with E-state index < -0.39 is 54.6 Å². The molecule has 1 heterocycles. The third-order valence-corrected chi connectivity index (χ3v) is 4.94. The van der Waals surface area contributed by atoms with Gasteiger partial charge in [-0.1, -0.05) is 36.4 Å². The molecule has 1 fully saturated rings. The molecule has 1 saturated heterocycles. The molecular formula is C24H26O10. The highest BCUT2D eigenvalue weighted by molar-refractivity contribution is 5.88. The molecule has 2 aromatic carbocycles. The van der Waals surface area contributed by atoms with Gasteiger partial charge in [-0.05, 0) is 11.5 Å². The monoisotopic (exact) mass is 474 g/mol. The van der Waals surface area contributed by atoms with Crippen LogP contribution in [0, 0.1) is 0 Å². The van der Waals surface area contributed by atoms with Crippen LogP contribution in [0.4, 0.5) is 0 Å². The highest BCUT2D eigenvalue weighted by Crippen LogP contribution is 2.33. The Bertz CT molecular complexity index is 1060. The van der Waals surface area contributed by atoms with Gasteiger partial charge in [-0.3, -0.25) is 19.2 Å². The van der Waals surface area contributed by atoms with Gasteiger partial charge in [-0.2, -0.15) is 0 Å². The van der Waals surface area contributed by atoms with Crippen LogP contribution < -0.4 is 4.74 Å².